The predicted molar refractivity (Wildman–Crippen MR) is 59.9 cm³/mol. The smallest absolute Gasteiger partial charge is 0.354 e. The number of aromatic nitrogens is 1. The van der Waals surface area contributed by atoms with Gasteiger partial charge in [0.2, 0.25) is 0 Å². The Morgan fingerprint density at radius 1 is 1.39 bits per heavy atom. The number of carbonyl (C=O) groups is 1. The van der Waals surface area contributed by atoms with Gasteiger partial charge in [-0.25, -0.2) is 18.6 Å². The number of carboxylic acids is 1. The quantitative estimate of drug-likeness (QED) is 0.893. The Morgan fingerprint density at radius 2 is 2.06 bits per heavy atom. The van der Waals surface area contributed by atoms with Crippen molar-refractivity contribution in [3.63, 3.8) is 0 Å². The zero-order valence-corrected chi connectivity index (χ0v) is 9.62. The standard InChI is InChI=1S/C12H9F2NO3/c1-5-3-6(13)11-9(10(5)14)8(18-2)4-7(15-11)12(16)17/h3-4H,1-2H3,(H,16,17). The van der Waals surface area contributed by atoms with Gasteiger partial charge in [0, 0.05) is 6.07 Å². The van der Waals surface area contributed by atoms with Gasteiger partial charge < -0.3 is 9.84 Å². The highest BCUT2D eigenvalue weighted by Gasteiger charge is 2.19. The number of ether oxygens (including phenoxy) is 1. The number of hydrogen-bond acceptors (Lipinski definition) is 3. The van der Waals surface area contributed by atoms with E-state index in [4.69, 9.17) is 9.84 Å². The summed E-state index contributed by atoms with van der Waals surface area (Å²) in [7, 11) is 1.25. The lowest BCUT2D eigenvalue weighted by Gasteiger charge is -2.09. The number of methoxy groups -OCH3 is 1. The van der Waals surface area contributed by atoms with Crippen LogP contribution in [0.4, 0.5) is 8.78 Å². The molecule has 0 aliphatic heterocycles. The molecule has 0 bridgehead atoms. The normalized spacial score (nSPS) is 10.7. The van der Waals surface area contributed by atoms with E-state index in [9.17, 15) is 13.6 Å². The average Bonchev–Trinajstić information content (AvgIpc) is 2.34. The number of carboxylic acid groups (broad SMARTS) is 1. The van der Waals surface area contributed by atoms with Crippen LogP contribution in [0.3, 0.4) is 0 Å². The minimum atomic E-state index is -1.34. The summed E-state index contributed by atoms with van der Waals surface area (Å²) in [5.41, 5.74) is -0.653. The van der Waals surface area contributed by atoms with Crippen molar-refractivity contribution in [2.75, 3.05) is 7.11 Å². The first kappa shape index (κ1) is 12.2. The van der Waals surface area contributed by atoms with Gasteiger partial charge in [0.25, 0.3) is 0 Å². The van der Waals surface area contributed by atoms with E-state index in [0.29, 0.717) is 0 Å². The molecule has 1 aromatic heterocycles. The molecular formula is C12H9F2NO3. The van der Waals surface area contributed by atoms with E-state index in [-0.39, 0.29) is 22.2 Å². The van der Waals surface area contributed by atoms with Crippen LogP contribution >= 0.6 is 0 Å². The summed E-state index contributed by atoms with van der Waals surface area (Å²) in [5, 5.41) is 8.69. The summed E-state index contributed by atoms with van der Waals surface area (Å²) in [4.78, 5) is 14.4. The maximum absolute atomic E-state index is 13.9. The van der Waals surface area contributed by atoms with E-state index in [1.165, 1.54) is 14.0 Å². The Bertz CT molecular complexity index is 656. The van der Waals surface area contributed by atoms with Gasteiger partial charge in [-0.1, -0.05) is 0 Å². The molecule has 1 aromatic carbocycles. The van der Waals surface area contributed by atoms with Crippen LogP contribution in [-0.2, 0) is 0 Å². The van der Waals surface area contributed by atoms with E-state index in [2.05, 4.69) is 4.98 Å². The Kier molecular flexibility index (Phi) is 2.86. The molecule has 2 rings (SSSR count). The topological polar surface area (TPSA) is 59.4 Å². The Hall–Kier alpha value is -2.24. The first-order valence-electron chi connectivity index (χ1n) is 5.02. The second-order valence-corrected chi connectivity index (χ2v) is 3.73. The molecule has 1 heterocycles. The van der Waals surface area contributed by atoms with E-state index >= 15 is 0 Å². The van der Waals surface area contributed by atoms with Gasteiger partial charge in [-0.05, 0) is 18.6 Å². The van der Waals surface area contributed by atoms with Crippen LogP contribution in [-0.4, -0.2) is 23.2 Å². The monoisotopic (exact) mass is 253 g/mol. The van der Waals surface area contributed by atoms with Gasteiger partial charge in [0.15, 0.2) is 5.69 Å². The third-order valence-electron chi connectivity index (χ3n) is 2.56. The molecular weight excluding hydrogens is 244 g/mol. The molecule has 0 atom stereocenters. The highest BCUT2D eigenvalue weighted by molar-refractivity contribution is 5.94. The number of nitrogens with zero attached hydrogens (tertiary/aromatic N) is 1. The minimum Gasteiger partial charge on any atom is -0.496 e. The molecule has 0 radical (unpaired) electrons. The summed E-state index contributed by atoms with van der Waals surface area (Å²) < 4.78 is 32.5. The predicted octanol–water partition coefficient (Wildman–Crippen LogP) is 2.53. The van der Waals surface area contributed by atoms with Crippen molar-refractivity contribution in [2.24, 2.45) is 0 Å². The van der Waals surface area contributed by atoms with Crippen molar-refractivity contribution in [1.29, 1.82) is 0 Å². The third kappa shape index (κ3) is 1.75. The van der Waals surface area contributed by atoms with Crippen molar-refractivity contribution in [3.05, 3.63) is 35.0 Å². The lowest BCUT2D eigenvalue weighted by molar-refractivity contribution is 0.0690. The fourth-order valence-electron chi connectivity index (χ4n) is 1.70. The van der Waals surface area contributed by atoms with Crippen molar-refractivity contribution in [1.82, 2.24) is 4.98 Å². The summed E-state index contributed by atoms with van der Waals surface area (Å²) >= 11 is 0. The number of aromatic carboxylic acids is 1. The molecule has 1 N–H and O–H groups in total. The van der Waals surface area contributed by atoms with Crippen LogP contribution in [0.15, 0.2) is 12.1 Å². The first-order valence-corrected chi connectivity index (χ1v) is 5.02. The molecule has 0 saturated heterocycles. The lowest BCUT2D eigenvalue weighted by atomic mass is 10.1. The lowest BCUT2D eigenvalue weighted by Crippen LogP contribution is -2.04. The van der Waals surface area contributed by atoms with Crippen molar-refractivity contribution < 1.29 is 23.4 Å². The number of hydrogen-bond donors (Lipinski definition) is 1. The summed E-state index contributed by atoms with van der Waals surface area (Å²) in [5.74, 6) is -2.86. The molecule has 0 aliphatic carbocycles. The highest BCUT2D eigenvalue weighted by Crippen LogP contribution is 2.31. The molecule has 0 aliphatic rings. The first-order chi connectivity index (χ1) is 8.45. The molecule has 0 saturated carbocycles. The Labute approximate surface area is 101 Å². The maximum Gasteiger partial charge on any atom is 0.354 e. The minimum absolute atomic E-state index is 0.0579. The van der Waals surface area contributed by atoms with Crippen LogP contribution in [0.2, 0.25) is 0 Å². The van der Waals surface area contributed by atoms with Gasteiger partial charge in [-0.2, -0.15) is 0 Å². The fraction of sp³-hybridized carbons (Fsp3) is 0.167. The molecule has 18 heavy (non-hydrogen) atoms. The van der Waals surface area contributed by atoms with Crippen LogP contribution < -0.4 is 4.74 Å². The molecule has 6 heteroatoms. The fourth-order valence-corrected chi connectivity index (χ4v) is 1.70. The van der Waals surface area contributed by atoms with Crippen molar-refractivity contribution in [2.45, 2.75) is 6.92 Å². The van der Waals surface area contributed by atoms with Crippen LogP contribution in [0.1, 0.15) is 16.1 Å². The van der Waals surface area contributed by atoms with Crippen molar-refractivity contribution in [3.8, 4) is 5.75 Å². The molecule has 0 fully saturated rings. The van der Waals surface area contributed by atoms with Crippen LogP contribution in [0.5, 0.6) is 5.75 Å². The van der Waals surface area contributed by atoms with E-state index < -0.39 is 23.3 Å². The molecule has 94 valence electrons. The van der Waals surface area contributed by atoms with E-state index in [1.54, 1.807) is 0 Å². The van der Waals surface area contributed by atoms with Crippen LogP contribution in [0.25, 0.3) is 10.9 Å². The highest BCUT2D eigenvalue weighted by atomic mass is 19.1. The SMILES string of the molecule is COc1cc(C(=O)O)nc2c(F)cc(C)c(F)c12. The van der Waals surface area contributed by atoms with Gasteiger partial charge in [0.05, 0.1) is 12.5 Å². The molecule has 0 spiro atoms. The summed E-state index contributed by atoms with van der Waals surface area (Å²) in [6.07, 6.45) is 0. The number of pyridine rings is 1. The second-order valence-electron chi connectivity index (χ2n) is 3.73. The number of rotatable bonds is 2. The number of halogens is 2. The van der Waals surface area contributed by atoms with Gasteiger partial charge in [0.1, 0.15) is 22.9 Å². The van der Waals surface area contributed by atoms with Gasteiger partial charge in [-0.3, -0.25) is 0 Å². The zero-order chi connectivity index (χ0) is 13.4. The molecule has 2 aromatic rings. The van der Waals surface area contributed by atoms with E-state index in [1.807, 2.05) is 0 Å². The van der Waals surface area contributed by atoms with Crippen LogP contribution in [0, 0.1) is 18.6 Å². The largest absolute Gasteiger partial charge is 0.496 e. The average molecular weight is 253 g/mol. The van der Waals surface area contributed by atoms with Gasteiger partial charge in [-0.15, -0.1) is 0 Å². The Balaban J connectivity index is 2.96. The van der Waals surface area contributed by atoms with Gasteiger partial charge >= 0.3 is 5.97 Å². The second kappa shape index (κ2) is 4.21. The summed E-state index contributed by atoms with van der Waals surface area (Å²) in [6.45, 7) is 1.41. The Morgan fingerprint density at radius 3 is 2.61 bits per heavy atom. The number of fused-ring (bicyclic) bond motifs is 1. The third-order valence-corrected chi connectivity index (χ3v) is 2.56. The molecule has 0 unspecified atom stereocenters. The molecule has 4 nitrogen and oxygen atoms in total. The molecule has 0 amide bonds. The zero-order valence-electron chi connectivity index (χ0n) is 9.62. The summed E-state index contributed by atoms with van der Waals surface area (Å²) in [6, 6.07) is 2.03. The van der Waals surface area contributed by atoms with Crippen molar-refractivity contribution >= 4 is 16.9 Å². The number of benzene rings is 1. The van der Waals surface area contributed by atoms with E-state index in [0.717, 1.165) is 12.1 Å². The number of aryl methyl sites for hydroxylation is 1. The maximum atomic E-state index is 13.9.